The lowest BCUT2D eigenvalue weighted by Gasteiger charge is -2.35. The monoisotopic (exact) mass is 454 g/mol. The number of nitrogens with zero attached hydrogens (tertiary/aromatic N) is 2. The molecule has 3 aliphatic rings. The van der Waals surface area contributed by atoms with Gasteiger partial charge in [-0.1, -0.05) is 17.7 Å². The minimum atomic E-state index is -2.59. The Morgan fingerprint density at radius 2 is 1.81 bits per heavy atom. The Kier molecular flexibility index (Phi) is 6.14. The van der Waals surface area contributed by atoms with Crippen molar-refractivity contribution in [1.82, 2.24) is 15.1 Å². The van der Waals surface area contributed by atoms with E-state index in [9.17, 15) is 18.4 Å². The van der Waals surface area contributed by atoms with E-state index in [2.05, 4.69) is 10.2 Å². The van der Waals surface area contributed by atoms with Gasteiger partial charge in [-0.2, -0.15) is 0 Å². The lowest BCUT2D eigenvalue weighted by molar-refractivity contribution is -0.135. The molecular weight excluding hydrogens is 426 g/mol. The zero-order valence-electron chi connectivity index (χ0n) is 17.5. The fourth-order valence-corrected chi connectivity index (χ4v) is 5.07. The standard InChI is InChI=1S/C22H29ClF2N4O2/c23-17-11-15(1-2-18(17)26)14-28-7-9-29(10-8-28)19(30)13-27-20(31)16-12-21(16)3-5-22(24,25)6-4-21/h1-2,11,16H,3-10,12-14,26H2,(H,27,31). The molecule has 2 aliphatic carbocycles. The van der Waals surface area contributed by atoms with Crippen LogP contribution in [0.2, 0.25) is 5.02 Å². The molecule has 31 heavy (non-hydrogen) atoms. The van der Waals surface area contributed by atoms with Crippen LogP contribution in [0.5, 0.6) is 0 Å². The van der Waals surface area contributed by atoms with Gasteiger partial charge in [0.05, 0.1) is 17.3 Å². The molecule has 2 amide bonds. The molecule has 4 rings (SSSR count). The summed E-state index contributed by atoms with van der Waals surface area (Å²) in [5.41, 5.74) is 7.12. The molecule has 3 N–H and O–H groups in total. The second-order valence-corrected chi connectivity index (χ2v) is 9.61. The summed E-state index contributed by atoms with van der Waals surface area (Å²) < 4.78 is 26.8. The molecule has 0 bridgehead atoms. The maximum Gasteiger partial charge on any atom is 0.248 e. The van der Waals surface area contributed by atoms with Crippen molar-refractivity contribution >= 4 is 29.1 Å². The van der Waals surface area contributed by atoms with Gasteiger partial charge in [-0.15, -0.1) is 0 Å². The molecule has 170 valence electrons. The molecule has 1 aliphatic heterocycles. The summed E-state index contributed by atoms with van der Waals surface area (Å²) in [6.45, 7) is 3.37. The van der Waals surface area contributed by atoms with Crippen LogP contribution in [0.1, 0.15) is 37.7 Å². The van der Waals surface area contributed by atoms with E-state index < -0.39 is 5.92 Å². The maximum atomic E-state index is 13.4. The molecule has 1 atom stereocenters. The minimum Gasteiger partial charge on any atom is -0.398 e. The van der Waals surface area contributed by atoms with E-state index >= 15 is 0 Å². The van der Waals surface area contributed by atoms with Crippen LogP contribution in [0, 0.1) is 11.3 Å². The Labute approximate surface area is 186 Å². The predicted molar refractivity (Wildman–Crippen MR) is 115 cm³/mol. The van der Waals surface area contributed by atoms with Crippen LogP contribution in [0.3, 0.4) is 0 Å². The fraction of sp³-hybridized carbons (Fsp3) is 0.636. The average Bonchev–Trinajstić information content (AvgIpc) is 3.46. The zero-order valence-corrected chi connectivity index (χ0v) is 18.3. The number of nitrogens with one attached hydrogen (secondary N) is 1. The van der Waals surface area contributed by atoms with Gasteiger partial charge in [0.25, 0.3) is 0 Å². The number of benzene rings is 1. The van der Waals surface area contributed by atoms with E-state index in [1.807, 2.05) is 12.1 Å². The SMILES string of the molecule is Nc1ccc(CN2CCN(C(=O)CNC(=O)C3CC34CCC(F)(F)CC4)CC2)cc1Cl. The van der Waals surface area contributed by atoms with Crippen LogP contribution in [0.25, 0.3) is 0 Å². The lowest BCUT2D eigenvalue weighted by Crippen LogP contribution is -2.51. The van der Waals surface area contributed by atoms with E-state index in [1.54, 1.807) is 11.0 Å². The van der Waals surface area contributed by atoms with Crippen molar-refractivity contribution in [3.63, 3.8) is 0 Å². The summed E-state index contributed by atoms with van der Waals surface area (Å²) in [5.74, 6) is -3.08. The smallest absolute Gasteiger partial charge is 0.248 e. The first-order valence-corrected chi connectivity index (χ1v) is 11.2. The van der Waals surface area contributed by atoms with Gasteiger partial charge in [0, 0.05) is 51.5 Å². The molecule has 1 spiro atoms. The van der Waals surface area contributed by atoms with Gasteiger partial charge in [-0.25, -0.2) is 8.78 Å². The number of carbonyl (C=O) groups excluding carboxylic acids is 2. The first-order chi connectivity index (χ1) is 14.7. The number of rotatable bonds is 5. The molecular formula is C22H29ClF2N4O2. The average molecular weight is 455 g/mol. The van der Waals surface area contributed by atoms with Crippen molar-refractivity contribution in [2.75, 3.05) is 38.5 Å². The van der Waals surface area contributed by atoms with Crippen molar-refractivity contribution < 1.29 is 18.4 Å². The van der Waals surface area contributed by atoms with Gasteiger partial charge in [-0.05, 0) is 42.4 Å². The van der Waals surface area contributed by atoms with E-state index in [1.165, 1.54) is 0 Å². The van der Waals surface area contributed by atoms with E-state index in [-0.39, 0.29) is 42.5 Å². The number of nitrogens with two attached hydrogens (primary N) is 1. The summed E-state index contributed by atoms with van der Waals surface area (Å²) in [5, 5.41) is 3.28. The molecule has 1 heterocycles. The first-order valence-electron chi connectivity index (χ1n) is 10.9. The Bertz CT molecular complexity index is 848. The van der Waals surface area contributed by atoms with Gasteiger partial charge < -0.3 is 16.0 Å². The van der Waals surface area contributed by atoms with Crippen LogP contribution in [-0.2, 0) is 16.1 Å². The van der Waals surface area contributed by atoms with Crippen LogP contribution >= 0.6 is 11.6 Å². The molecule has 6 nitrogen and oxygen atoms in total. The number of anilines is 1. The number of hydrogen-bond donors (Lipinski definition) is 2. The van der Waals surface area contributed by atoms with Crippen molar-refractivity contribution in [1.29, 1.82) is 0 Å². The van der Waals surface area contributed by atoms with Crippen LogP contribution in [0.4, 0.5) is 14.5 Å². The zero-order chi connectivity index (χ0) is 22.2. The first kappa shape index (κ1) is 22.3. The summed E-state index contributed by atoms with van der Waals surface area (Å²) >= 11 is 6.08. The van der Waals surface area contributed by atoms with E-state index in [0.29, 0.717) is 43.1 Å². The molecule has 1 unspecified atom stereocenters. The lowest BCUT2D eigenvalue weighted by atomic mass is 9.82. The summed E-state index contributed by atoms with van der Waals surface area (Å²) in [4.78, 5) is 29.0. The molecule has 1 saturated heterocycles. The van der Waals surface area contributed by atoms with Crippen LogP contribution in [-0.4, -0.2) is 60.3 Å². The largest absolute Gasteiger partial charge is 0.398 e. The van der Waals surface area contributed by atoms with Gasteiger partial charge in [0.1, 0.15) is 0 Å². The summed E-state index contributed by atoms with van der Waals surface area (Å²) in [6.07, 6.45) is 1.18. The topological polar surface area (TPSA) is 78.7 Å². The molecule has 1 aromatic rings. The maximum absolute atomic E-state index is 13.4. The Morgan fingerprint density at radius 1 is 1.13 bits per heavy atom. The molecule has 3 fully saturated rings. The van der Waals surface area contributed by atoms with Crippen LogP contribution < -0.4 is 11.1 Å². The van der Waals surface area contributed by atoms with Crippen molar-refractivity contribution in [2.45, 2.75) is 44.6 Å². The minimum absolute atomic E-state index is 0.0326. The number of piperazine rings is 1. The third-order valence-corrected chi connectivity index (χ3v) is 7.42. The molecule has 0 radical (unpaired) electrons. The van der Waals surface area contributed by atoms with Crippen molar-refractivity contribution in [3.8, 4) is 0 Å². The second-order valence-electron chi connectivity index (χ2n) is 9.21. The third kappa shape index (κ3) is 5.12. The van der Waals surface area contributed by atoms with Gasteiger partial charge in [-0.3, -0.25) is 14.5 Å². The highest BCUT2D eigenvalue weighted by Gasteiger charge is 2.60. The molecule has 1 aromatic carbocycles. The highest BCUT2D eigenvalue weighted by molar-refractivity contribution is 6.33. The van der Waals surface area contributed by atoms with Crippen LogP contribution in [0.15, 0.2) is 18.2 Å². The highest BCUT2D eigenvalue weighted by atomic mass is 35.5. The normalized spacial score (nSPS) is 24.7. The molecule has 0 aromatic heterocycles. The third-order valence-electron chi connectivity index (χ3n) is 7.09. The molecule has 9 heteroatoms. The Morgan fingerprint density at radius 3 is 2.45 bits per heavy atom. The number of nitrogen functional groups attached to an aromatic ring is 1. The second kappa shape index (κ2) is 8.54. The van der Waals surface area contributed by atoms with Gasteiger partial charge >= 0.3 is 0 Å². The van der Waals surface area contributed by atoms with Crippen molar-refractivity contribution in [2.24, 2.45) is 11.3 Å². The summed E-state index contributed by atoms with van der Waals surface area (Å²) in [7, 11) is 0. The number of halogens is 3. The Balaban J connectivity index is 1.18. The molecule has 2 saturated carbocycles. The van der Waals surface area contributed by atoms with E-state index in [0.717, 1.165) is 25.2 Å². The highest BCUT2D eigenvalue weighted by Crippen LogP contribution is 2.63. The number of hydrogen-bond acceptors (Lipinski definition) is 4. The predicted octanol–water partition coefficient (Wildman–Crippen LogP) is 2.90. The van der Waals surface area contributed by atoms with E-state index in [4.69, 9.17) is 17.3 Å². The number of carbonyl (C=O) groups is 2. The number of amides is 2. The van der Waals surface area contributed by atoms with Crippen molar-refractivity contribution in [3.05, 3.63) is 28.8 Å². The number of alkyl halides is 2. The Hall–Kier alpha value is -1.93. The summed E-state index contributed by atoms with van der Waals surface area (Å²) in [6, 6.07) is 5.61. The van der Waals surface area contributed by atoms with Gasteiger partial charge in [0.2, 0.25) is 17.7 Å². The fourth-order valence-electron chi connectivity index (χ4n) is 4.86. The quantitative estimate of drug-likeness (QED) is 0.670. The van der Waals surface area contributed by atoms with Gasteiger partial charge in [0.15, 0.2) is 0 Å².